The smallest absolute Gasteiger partial charge is 0.236 e. The molecule has 6 heteroatoms. The molecule has 0 radical (unpaired) electrons. The molecule has 0 N–H and O–H groups in total. The van der Waals surface area contributed by atoms with E-state index in [-0.39, 0.29) is 17.9 Å². The molecule has 0 aromatic carbocycles. The average molecular weight is 306 g/mol. The number of likely N-dealkylation sites (tertiary alicyclic amines) is 2. The monoisotopic (exact) mass is 306 g/mol. The molecule has 0 unspecified atom stereocenters. The van der Waals surface area contributed by atoms with E-state index in [9.17, 15) is 9.59 Å². The highest BCUT2D eigenvalue weighted by atomic mass is 16.2. The van der Waals surface area contributed by atoms with Crippen LogP contribution in [0.5, 0.6) is 0 Å². The molecule has 0 aliphatic carbocycles. The summed E-state index contributed by atoms with van der Waals surface area (Å²) in [6, 6.07) is 2.63. The number of amides is 2. The highest BCUT2D eigenvalue weighted by Gasteiger charge is 2.39. The molecule has 2 amide bonds. The predicted molar refractivity (Wildman–Crippen MR) is 82.9 cm³/mol. The fourth-order valence-corrected chi connectivity index (χ4v) is 3.70. The van der Waals surface area contributed by atoms with Gasteiger partial charge in [0.2, 0.25) is 11.8 Å². The van der Waals surface area contributed by atoms with Gasteiger partial charge in [-0.1, -0.05) is 0 Å². The van der Waals surface area contributed by atoms with Crippen LogP contribution in [-0.4, -0.2) is 71.8 Å². The van der Waals surface area contributed by atoms with Crippen molar-refractivity contribution in [3.63, 3.8) is 0 Å². The van der Waals surface area contributed by atoms with Gasteiger partial charge in [0.15, 0.2) is 0 Å². The maximum atomic E-state index is 12.3. The second kappa shape index (κ2) is 7.59. The van der Waals surface area contributed by atoms with Crippen LogP contribution in [-0.2, 0) is 9.59 Å². The number of rotatable bonds is 5. The van der Waals surface area contributed by atoms with Gasteiger partial charge in [-0.3, -0.25) is 14.5 Å². The summed E-state index contributed by atoms with van der Waals surface area (Å²) < 4.78 is 0. The van der Waals surface area contributed by atoms with Crippen molar-refractivity contribution in [1.29, 1.82) is 5.26 Å². The predicted octanol–water partition coefficient (Wildman–Crippen LogP) is 0.834. The molecule has 0 saturated carbocycles. The third-order valence-corrected chi connectivity index (χ3v) is 4.89. The lowest BCUT2D eigenvalue weighted by Crippen LogP contribution is -2.50. The van der Waals surface area contributed by atoms with Crippen molar-refractivity contribution < 1.29 is 9.59 Å². The van der Waals surface area contributed by atoms with Gasteiger partial charge in [-0.05, 0) is 32.2 Å². The maximum Gasteiger partial charge on any atom is 0.236 e. The number of nitriles is 1. The van der Waals surface area contributed by atoms with Crippen LogP contribution in [0.25, 0.3) is 0 Å². The SMILES string of the molecule is CC(=O)N1CCC[C@@H]1[C@@H]1CCCN1CC(=O)N(C)CCC#N. The third-order valence-electron chi connectivity index (χ3n) is 4.89. The van der Waals surface area contributed by atoms with Gasteiger partial charge < -0.3 is 9.80 Å². The summed E-state index contributed by atoms with van der Waals surface area (Å²) in [7, 11) is 1.75. The lowest BCUT2D eigenvalue weighted by molar-refractivity contribution is -0.132. The van der Waals surface area contributed by atoms with Gasteiger partial charge in [0.1, 0.15) is 0 Å². The first-order valence-electron chi connectivity index (χ1n) is 8.16. The summed E-state index contributed by atoms with van der Waals surface area (Å²) in [5, 5.41) is 8.61. The second-order valence-electron chi connectivity index (χ2n) is 6.33. The van der Waals surface area contributed by atoms with Gasteiger partial charge in [-0.15, -0.1) is 0 Å². The molecule has 22 heavy (non-hydrogen) atoms. The van der Waals surface area contributed by atoms with E-state index in [0.717, 1.165) is 38.8 Å². The Balaban J connectivity index is 1.94. The molecule has 2 atom stereocenters. The van der Waals surface area contributed by atoms with Crippen molar-refractivity contribution in [2.45, 2.75) is 51.1 Å². The van der Waals surface area contributed by atoms with E-state index in [0.29, 0.717) is 25.6 Å². The molecule has 2 fully saturated rings. The summed E-state index contributed by atoms with van der Waals surface area (Å²) in [6.07, 6.45) is 4.61. The van der Waals surface area contributed by atoms with Crippen molar-refractivity contribution >= 4 is 11.8 Å². The lowest BCUT2D eigenvalue weighted by Gasteiger charge is -2.34. The first-order chi connectivity index (χ1) is 10.5. The van der Waals surface area contributed by atoms with Crippen molar-refractivity contribution in [2.75, 3.05) is 33.2 Å². The molecular weight excluding hydrogens is 280 g/mol. The van der Waals surface area contributed by atoms with Crippen LogP contribution in [0.2, 0.25) is 0 Å². The van der Waals surface area contributed by atoms with E-state index in [1.165, 1.54) is 0 Å². The zero-order valence-electron chi connectivity index (χ0n) is 13.6. The number of hydrogen-bond acceptors (Lipinski definition) is 4. The third kappa shape index (κ3) is 3.77. The average Bonchev–Trinajstić information content (AvgIpc) is 3.12. The van der Waals surface area contributed by atoms with Crippen molar-refractivity contribution in [2.24, 2.45) is 0 Å². The molecule has 2 heterocycles. The Morgan fingerprint density at radius 2 is 1.91 bits per heavy atom. The molecule has 2 aliphatic rings. The number of carbonyl (C=O) groups excluding carboxylic acids is 2. The number of carbonyl (C=O) groups is 2. The van der Waals surface area contributed by atoms with Crippen LogP contribution in [0, 0.1) is 11.3 Å². The summed E-state index contributed by atoms with van der Waals surface area (Å²) >= 11 is 0. The Kier molecular flexibility index (Phi) is 5.78. The zero-order valence-corrected chi connectivity index (χ0v) is 13.6. The van der Waals surface area contributed by atoms with Gasteiger partial charge in [0.25, 0.3) is 0 Å². The fraction of sp³-hybridized carbons (Fsp3) is 0.812. The number of nitrogens with zero attached hydrogens (tertiary/aromatic N) is 4. The summed E-state index contributed by atoms with van der Waals surface area (Å²) in [5.74, 6) is 0.210. The highest BCUT2D eigenvalue weighted by Crippen LogP contribution is 2.29. The Bertz CT molecular complexity index is 460. The Morgan fingerprint density at radius 3 is 2.59 bits per heavy atom. The standard InChI is InChI=1S/C16H26N4O2/c1-13(21)20-11-4-7-15(20)14-6-3-10-19(14)12-16(22)18(2)9-5-8-17/h14-15H,3-7,9-12H2,1-2H3/t14-,15+/m0/s1. The van der Waals surface area contributed by atoms with Gasteiger partial charge in [-0.25, -0.2) is 0 Å². The van der Waals surface area contributed by atoms with E-state index in [1.54, 1.807) is 18.9 Å². The summed E-state index contributed by atoms with van der Waals surface area (Å²) in [4.78, 5) is 29.9. The Labute approximate surface area is 132 Å². The van der Waals surface area contributed by atoms with E-state index in [2.05, 4.69) is 11.0 Å². The van der Waals surface area contributed by atoms with Crippen LogP contribution in [0.4, 0.5) is 0 Å². The van der Waals surface area contributed by atoms with Crippen LogP contribution in [0.1, 0.15) is 39.0 Å². The van der Waals surface area contributed by atoms with Crippen molar-refractivity contribution in [3.05, 3.63) is 0 Å². The molecule has 0 aromatic rings. The molecule has 0 aromatic heterocycles. The molecule has 0 spiro atoms. The van der Waals surface area contributed by atoms with Crippen molar-refractivity contribution in [1.82, 2.24) is 14.7 Å². The van der Waals surface area contributed by atoms with E-state index in [4.69, 9.17) is 5.26 Å². The van der Waals surface area contributed by atoms with Gasteiger partial charge >= 0.3 is 0 Å². The molecule has 2 rings (SSSR count). The van der Waals surface area contributed by atoms with Crippen LogP contribution < -0.4 is 0 Å². The normalized spacial score (nSPS) is 25.2. The largest absolute Gasteiger partial charge is 0.344 e. The highest BCUT2D eigenvalue weighted by molar-refractivity contribution is 5.78. The molecular formula is C16H26N4O2. The van der Waals surface area contributed by atoms with Gasteiger partial charge in [0, 0.05) is 39.1 Å². The zero-order chi connectivity index (χ0) is 16.1. The molecule has 0 bridgehead atoms. The lowest BCUT2D eigenvalue weighted by atomic mass is 10.0. The summed E-state index contributed by atoms with van der Waals surface area (Å²) in [6.45, 7) is 4.29. The van der Waals surface area contributed by atoms with E-state index >= 15 is 0 Å². The van der Waals surface area contributed by atoms with Crippen molar-refractivity contribution in [3.8, 4) is 6.07 Å². The first kappa shape index (κ1) is 16.8. The molecule has 6 nitrogen and oxygen atoms in total. The second-order valence-corrected chi connectivity index (χ2v) is 6.33. The van der Waals surface area contributed by atoms with Crippen LogP contribution in [0.15, 0.2) is 0 Å². The fourth-order valence-electron chi connectivity index (χ4n) is 3.70. The van der Waals surface area contributed by atoms with E-state index < -0.39 is 0 Å². The topological polar surface area (TPSA) is 67.7 Å². The van der Waals surface area contributed by atoms with Crippen LogP contribution in [0.3, 0.4) is 0 Å². The Morgan fingerprint density at radius 1 is 1.23 bits per heavy atom. The minimum atomic E-state index is 0.0644. The quantitative estimate of drug-likeness (QED) is 0.754. The molecule has 122 valence electrons. The Hall–Kier alpha value is -1.61. The minimum Gasteiger partial charge on any atom is -0.344 e. The van der Waals surface area contributed by atoms with Crippen LogP contribution >= 0.6 is 0 Å². The summed E-state index contributed by atoms with van der Waals surface area (Å²) in [5.41, 5.74) is 0. The van der Waals surface area contributed by atoms with Gasteiger partial charge in [0.05, 0.1) is 19.0 Å². The first-order valence-corrected chi connectivity index (χ1v) is 8.16. The minimum absolute atomic E-state index is 0.0644. The maximum absolute atomic E-state index is 12.3. The number of hydrogen-bond donors (Lipinski definition) is 0. The number of likely N-dealkylation sites (N-methyl/N-ethyl adjacent to an activating group) is 1. The molecule has 2 aliphatic heterocycles. The van der Waals surface area contributed by atoms with Gasteiger partial charge in [-0.2, -0.15) is 5.26 Å². The van der Waals surface area contributed by atoms with E-state index in [1.807, 2.05) is 4.90 Å². The molecule has 2 saturated heterocycles.